The van der Waals surface area contributed by atoms with Gasteiger partial charge in [-0.15, -0.1) is 0 Å². The highest BCUT2D eigenvalue weighted by molar-refractivity contribution is 5.86. The molecule has 1 aliphatic rings. The first-order chi connectivity index (χ1) is 16.3. The number of nitrogens with one attached hydrogen (secondary N) is 2. The molecule has 2 N–H and O–H groups in total. The normalized spacial score (nSPS) is 12.8. The van der Waals surface area contributed by atoms with Gasteiger partial charge in [0.2, 0.25) is 5.91 Å². The van der Waals surface area contributed by atoms with Crippen LogP contribution in [0.3, 0.4) is 0 Å². The average Bonchev–Trinajstić information content (AvgIpc) is 3.25. The Morgan fingerprint density at radius 3 is 2.41 bits per heavy atom. The van der Waals surface area contributed by atoms with Crippen molar-refractivity contribution < 1.29 is 14.0 Å². The number of rotatable bonds is 10. The number of hydrogen-bond donors (Lipinski definition) is 2. The lowest BCUT2D eigenvalue weighted by atomic mass is 10.1. The van der Waals surface area contributed by atoms with Gasteiger partial charge in [-0.3, -0.25) is 14.6 Å². The number of fused-ring (bicyclic) bond motifs is 1. The van der Waals surface area contributed by atoms with Gasteiger partial charge in [-0.1, -0.05) is 38.1 Å². The predicted octanol–water partition coefficient (Wildman–Crippen LogP) is 2.01. The zero-order valence-corrected chi connectivity index (χ0v) is 19.8. The van der Waals surface area contributed by atoms with Crippen molar-refractivity contribution in [3.8, 4) is 6.07 Å². The van der Waals surface area contributed by atoms with E-state index in [0.29, 0.717) is 32.2 Å². The maximum Gasteiger partial charge on any atom is 0.256 e. The van der Waals surface area contributed by atoms with Crippen LogP contribution in [-0.4, -0.2) is 61.1 Å². The van der Waals surface area contributed by atoms with Gasteiger partial charge in [0.05, 0.1) is 30.4 Å². The van der Waals surface area contributed by atoms with Crippen molar-refractivity contribution in [2.24, 2.45) is 0 Å². The molecule has 180 valence electrons. The number of hydrogen-bond acceptors (Lipinski definition) is 6. The number of nitrogens with zero attached hydrogens (tertiary/aromatic N) is 4. The van der Waals surface area contributed by atoms with E-state index in [9.17, 15) is 19.2 Å². The van der Waals surface area contributed by atoms with E-state index in [1.807, 2.05) is 49.2 Å². The number of likely N-dealkylation sites (N-methyl/N-ethyl adjacent to an activating group) is 1. The Kier molecular flexibility index (Phi) is 8.57. The fourth-order valence-corrected chi connectivity index (χ4v) is 3.79. The van der Waals surface area contributed by atoms with E-state index in [4.69, 9.17) is 0 Å². The minimum atomic E-state index is -0.600. The van der Waals surface area contributed by atoms with Gasteiger partial charge in [-0.05, 0) is 29.3 Å². The van der Waals surface area contributed by atoms with Gasteiger partial charge < -0.3 is 15.5 Å². The third-order valence-electron chi connectivity index (χ3n) is 5.69. The summed E-state index contributed by atoms with van der Waals surface area (Å²) >= 11 is 0. The van der Waals surface area contributed by atoms with Crippen LogP contribution in [0.15, 0.2) is 42.5 Å². The van der Waals surface area contributed by atoms with Crippen LogP contribution in [0.25, 0.3) is 0 Å². The molecule has 8 nitrogen and oxygen atoms in total. The second-order valence-corrected chi connectivity index (χ2v) is 8.60. The highest BCUT2D eigenvalue weighted by Gasteiger charge is 2.27. The highest BCUT2D eigenvalue weighted by atomic mass is 19.1. The van der Waals surface area contributed by atoms with E-state index in [-0.39, 0.29) is 36.2 Å². The molecule has 0 unspecified atom stereocenters. The monoisotopic (exact) mass is 466 g/mol. The van der Waals surface area contributed by atoms with E-state index in [1.54, 1.807) is 7.05 Å². The van der Waals surface area contributed by atoms with Gasteiger partial charge in [0.1, 0.15) is 5.82 Å². The molecule has 2 aromatic rings. The zero-order chi connectivity index (χ0) is 24.7. The molecule has 0 bridgehead atoms. The van der Waals surface area contributed by atoms with Crippen molar-refractivity contribution in [1.29, 1.82) is 5.26 Å². The molecule has 0 saturated carbocycles. The number of hydrazine groups is 1. The van der Waals surface area contributed by atoms with E-state index < -0.39 is 5.82 Å². The van der Waals surface area contributed by atoms with Gasteiger partial charge in [-0.2, -0.15) is 5.26 Å². The maximum absolute atomic E-state index is 14.7. The summed E-state index contributed by atoms with van der Waals surface area (Å²) in [5.74, 6) is -1.22. The molecule has 0 spiro atoms. The van der Waals surface area contributed by atoms with Gasteiger partial charge in [0, 0.05) is 39.3 Å². The van der Waals surface area contributed by atoms with Gasteiger partial charge in [-0.25, -0.2) is 9.40 Å². The molecular formula is C25H31FN6O2. The summed E-state index contributed by atoms with van der Waals surface area (Å²) < 4.78 is 14.7. The summed E-state index contributed by atoms with van der Waals surface area (Å²) in [4.78, 5) is 27.1. The summed E-state index contributed by atoms with van der Waals surface area (Å²) in [5, 5.41) is 18.7. The van der Waals surface area contributed by atoms with Crippen LogP contribution in [0.5, 0.6) is 0 Å². The third kappa shape index (κ3) is 6.53. The topological polar surface area (TPSA) is 91.7 Å². The number of carbonyl (C=O) groups is 2. The van der Waals surface area contributed by atoms with Crippen LogP contribution in [-0.2, 0) is 22.7 Å². The van der Waals surface area contributed by atoms with Crippen molar-refractivity contribution in [3.63, 3.8) is 0 Å². The molecule has 34 heavy (non-hydrogen) atoms. The fourth-order valence-electron chi connectivity index (χ4n) is 3.79. The Balaban J connectivity index is 1.71. The van der Waals surface area contributed by atoms with Gasteiger partial charge in [0.15, 0.2) is 0 Å². The molecule has 1 heterocycles. The minimum Gasteiger partial charge on any atom is -0.353 e. The van der Waals surface area contributed by atoms with Gasteiger partial charge in [0.25, 0.3) is 5.91 Å². The number of amides is 2. The van der Waals surface area contributed by atoms with Crippen LogP contribution < -0.4 is 15.5 Å². The van der Waals surface area contributed by atoms with E-state index in [1.165, 1.54) is 28.1 Å². The molecule has 2 aromatic carbocycles. The Labute approximate surface area is 199 Å². The number of anilines is 1. The van der Waals surface area contributed by atoms with Crippen molar-refractivity contribution >= 4 is 17.5 Å². The summed E-state index contributed by atoms with van der Waals surface area (Å²) in [6, 6.07) is 14.2. The maximum atomic E-state index is 14.7. The second kappa shape index (κ2) is 11.6. The summed E-state index contributed by atoms with van der Waals surface area (Å²) in [7, 11) is 1.67. The van der Waals surface area contributed by atoms with E-state index >= 15 is 0 Å². The quantitative estimate of drug-likeness (QED) is 0.521. The number of benzene rings is 2. The lowest BCUT2D eigenvalue weighted by Crippen LogP contribution is -2.48. The molecule has 0 saturated heterocycles. The minimum absolute atomic E-state index is 0.0426. The van der Waals surface area contributed by atoms with Crippen LogP contribution in [0, 0.1) is 17.1 Å². The highest BCUT2D eigenvalue weighted by Crippen LogP contribution is 2.24. The van der Waals surface area contributed by atoms with Crippen LogP contribution in [0.1, 0.15) is 30.5 Å². The Morgan fingerprint density at radius 1 is 1.12 bits per heavy atom. The third-order valence-corrected chi connectivity index (χ3v) is 5.69. The zero-order valence-electron chi connectivity index (χ0n) is 19.8. The first kappa shape index (κ1) is 25.1. The molecule has 0 aromatic heterocycles. The molecular weight excluding hydrogens is 435 g/mol. The first-order valence-electron chi connectivity index (χ1n) is 11.3. The second-order valence-electron chi connectivity index (χ2n) is 8.60. The average molecular weight is 467 g/mol. The van der Waals surface area contributed by atoms with Crippen molar-refractivity contribution in [2.45, 2.75) is 33.0 Å². The Hall–Kier alpha value is -3.48. The SMILES string of the molecule is CC(C)NCCNC(=O)CN(CC(=O)N(C)N1Cc2ccccc2C1)c1cc(C#N)ccc1F. The summed E-state index contributed by atoms with van der Waals surface area (Å²) in [6.45, 7) is 5.79. The van der Waals surface area contributed by atoms with E-state index in [2.05, 4.69) is 10.6 Å². The standard InChI is InChI=1S/C25H31FN6O2/c1-18(2)28-10-11-29-24(33)16-31(23-12-19(13-27)8-9-22(23)26)17-25(34)30(3)32-14-20-6-4-5-7-21(20)15-32/h4-9,12,18,28H,10-11,14-17H2,1-3H3,(H,29,33). The van der Waals surface area contributed by atoms with Crippen molar-refractivity contribution in [2.75, 3.05) is 38.1 Å². The Morgan fingerprint density at radius 2 is 1.79 bits per heavy atom. The molecule has 9 heteroatoms. The number of halogens is 1. The largest absolute Gasteiger partial charge is 0.353 e. The first-order valence-corrected chi connectivity index (χ1v) is 11.3. The van der Waals surface area contributed by atoms with Crippen LogP contribution in [0.2, 0.25) is 0 Å². The summed E-state index contributed by atoms with van der Waals surface area (Å²) in [6.07, 6.45) is 0. The number of nitriles is 1. The lowest BCUT2D eigenvalue weighted by Gasteiger charge is -2.31. The van der Waals surface area contributed by atoms with Crippen molar-refractivity contribution in [1.82, 2.24) is 20.7 Å². The predicted molar refractivity (Wildman–Crippen MR) is 128 cm³/mol. The Bertz CT molecular complexity index is 1040. The van der Waals surface area contributed by atoms with Crippen LogP contribution >= 0.6 is 0 Å². The lowest BCUT2D eigenvalue weighted by molar-refractivity contribution is -0.145. The van der Waals surface area contributed by atoms with Crippen molar-refractivity contribution in [3.05, 3.63) is 65.0 Å². The molecule has 1 aliphatic heterocycles. The fraction of sp³-hybridized carbons (Fsp3) is 0.400. The van der Waals surface area contributed by atoms with E-state index in [0.717, 1.165) is 11.1 Å². The molecule has 2 amide bonds. The summed E-state index contributed by atoms with van der Waals surface area (Å²) in [5.41, 5.74) is 2.60. The molecule has 0 atom stereocenters. The molecule has 0 radical (unpaired) electrons. The molecule has 0 fully saturated rings. The molecule has 3 rings (SSSR count). The van der Waals surface area contributed by atoms with Gasteiger partial charge >= 0.3 is 0 Å². The number of carbonyl (C=O) groups excluding carboxylic acids is 2. The molecule has 0 aliphatic carbocycles. The smallest absolute Gasteiger partial charge is 0.256 e. The van der Waals surface area contributed by atoms with Crippen LogP contribution in [0.4, 0.5) is 10.1 Å².